The lowest BCUT2D eigenvalue weighted by Crippen LogP contribution is -2.16. The molecule has 0 aliphatic heterocycles. The average molecular weight is 744 g/mol. The van der Waals surface area contributed by atoms with E-state index in [9.17, 15) is 0 Å². The maximum absolute atomic E-state index is 6.96. The maximum Gasteiger partial charge on any atom is 0.228 e. The third-order valence-corrected chi connectivity index (χ3v) is 12.4. The topological polar surface area (TPSA) is 34.2 Å². The molecule has 4 nitrogen and oxygen atoms in total. The number of hydrogen-bond acceptors (Lipinski definition) is 3. The van der Waals surface area contributed by atoms with Crippen molar-refractivity contribution in [3.05, 3.63) is 199 Å². The molecule has 0 saturated carbocycles. The predicted molar refractivity (Wildman–Crippen MR) is 241 cm³/mol. The fraction of sp³-hybridized carbons (Fsp3) is 0.0556. The molecular formula is C54H37N3O. The van der Waals surface area contributed by atoms with Gasteiger partial charge in [0.25, 0.3) is 0 Å². The largest absolute Gasteiger partial charge is 0.434 e. The number of rotatable bonds is 5. The Morgan fingerprint density at radius 2 is 1.19 bits per heavy atom. The van der Waals surface area contributed by atoms with Crippen molar-refractivity contribution in [2.45, 2.75) is 19.3 Å². The first kappa shape index (κ1) is 32.8. The van der Waals surface area contributed by atoms with Gasteiger partial charge >= 0.3 is 0 Å². The fourth-order valence-corrected chi connectivity index (χ4v) is 9.72. The van der Waals surface area contributed by atoms with Gasteiger partial charge in [0.05, 0.1) is 22.4 Å². The zero-order chi connectivity index (χ0) is 38.5. The first-order chi connectivity index (χ1) is 28.5. The number of nitrogens with zero attached hydrogens (tertiary/aromatic N) is 3. The standard InChI is InChI=1S/C54H37N3O/c1-54(2)44-24-11-10-22-42(44)50-45(54)25-13-27-48(50)56(49-28-14-26-46-52(49)58-53(55-46)41-23-12-17-34-15-6-8-20-38(34)41)37-30-32-47-43(33-37)40-31-29-35-16-7-9-21-39(35)51(40)57(47)36-18-4-3-5-19-36/h3-33H,1-2H3. The summed E-state index contributed by atoms with van der Waals surface area (Å²) in [7, 11) is 0. The lowest BCUT2D eigenvalue weighted by Gasteiger charge is -2.29. The third-order valence-electron chi connectivity index (χ3n) is 12.4. The van der Waals surface area contributed by atoms with E-state index < -0.39 is 0 Å². The Labute approximate surface area is 335 Å². The van der Waals surface area contributed by atoms with Crippen LogP contribution in [0.15, 0.2) is 192 Å². The summed E-state index contributed by atoms with van der Waals surface area (Å²) < 4.78 is 9.38. The van der Waals surface area contributed by atoms with Crippen LogP contribution in [0.2, 0.25) is 0 Å². The summed E-state index contributed by atoms with van der Waals surface area (Å²) >= 11 is 0. The van der Waals surface area contributed by atoms with E-state index in [0.29, 0.717) is 5.89 Å². The first-order valence-electron chi connectivity index (χ1n) is 20.0. The lowest BCUT2D eigenvalue weighted by molar-refractivity contribution is 0.621. The molecular weight excluding hydrogens is 707 g/mol. The Bertz CT molecular complexity index is 3440. The Kier molecular flexibility index (Phi) is 6.94. The Balaban J connectivity index is 1.16. The van der Waals surface area contributed by atoms with Gasteiger partial charge in [-0.2, -0.15) is 0 Å². The van der Waals surface area contributed by atoms with Gasteiger partial charge in [-0.1, -0.05) is 147 Å². The summed E-state index contributed by atoms with van der Waals surface area (Å²) in [5.74, 6) is 0.609. The molecule has 12 rings (SSSR count). The van der Waals surface area contributed by atoms with Crippen molar-refractivity contribution in [1.82, 2.24) is 9.55 Å². The minimum atomic E-state index is -0.165. The highest BCUT2D eigenvalue weighted by Gasteiger charge is 2.38. The van der Waals surface area contributed by atoms with Gasteiger partial charge in [0, 0.05) is 44.1 Å². The maximum atomic E-state index is 6.96. The van der Waals surface area contributed by atoms with Crippen LogP contribution in [0.25, 0.3) is 82.7 Å². The van der Waals surface area contributed by atoms with Gasteiger partial charge < -0.3 is 13.9 Å². The summed E-state index contributed by atoms with van der Waals surface area (Å²) in [4.78, 5) is 7.56. The highest BCUT2D eigenvalue weighted by Crippen LogP contribution is 2.55. The van der Waals surface area contributed by atoms with E-state index in [2.05, 4.69) is 211 Å². The molecule has 0 bridgehead atoms. The number of benzene rings is 9. The van der Waals surface area contributed by atoms with E-state index >= 15 is 0 Å². The molecule has 274 valence electrons. The van der Waals surface area contributed by atoms with Gasteiger partial charge in [-0.25, -0.2) is 4.98 Å². The normalized spacial score (nSPS) is 13.1. The minimum Gasteiger partial charge on any atom is -0.434 e. The molecule has 0 saturated heterocycles. The zero-order valence-corrected chi connectivity index (χ0v) is 32.1. The second kappa shape index (κ2) is 12.3. The quantitative estimate of drug-likeness (QED) is 0.176. The molecule has 0 spiro atoms. The minimum absolute atomic E-state index is 0.165. The van der Waals surface area contributed by atoms with Crippen molar-refractivity contribution in [3.8, 4) is 28.3 Å². The smallest absolute Gasteiger partial charge is 0.228 e. The summed E-state index contributed by atoms with van der Waals surface area (Å²) in [5.41, 5.74) is 14.1. The molecule has 0 radical (unpaired) electrons. The van der Waals surface area contributed by atoms with Crippen LogP contribution in [0.3, 0.4) is 0 Å². The van der Waals surface area contributed by atoms with Gasteiger partial charge in [-0.15, -0.1) is 0 Å². The summed E-state index contributed by atoms with van der Waals surface area (Å²) in [6, 6.07) is 67.7. The Morgan fingerprint density at radius 1 is 0.517 bits per heavy atom. The van der Waals surface area contributed by atoms with Crippen LogP contribution < -0.4 is 4.90 Å². The summed E-state index contributed by atoms with van der Waals surface area (Å²) in [5, 5.41) is 7.10. The van der Waals surface area contributed by atoms with Crippen molar-refractivity contribution >= 4 is 71.5 Å². The van der Waals surface area contributed by atoms with Gasteiger partial charge in [-0.3, -0.25) is 0 Å². The van der Waals surface area contributed by atoms with Crippen LogP contribution in [-0.2, 0) is 5.41 Å². The molecule has 4 heteroatoms. The molecule has 2 aromatic heterocycles. The molecule has 1 aliphatic carbocycles. The molecule has 0 N–H and O–H groups in total. The molecule has 58 heavy (non-hydrogen) atoms. The van der Waals surface area contributed by atoms with Crippen LogP contribution in [-0.4, -0.2) is 9.55 Å². The fourth-order valence-electron chi connectivity index (χ4n) is 9.72. The van der Waals surface area contributed by atoms with Crippen LogP contribution in [0.5, 0.6) is 0 Å². The molecule has 11 aromatic rings. The van der Waals surface area contributed by atoms with Crippen molar-refractivity contribution in [2.75, 3.05) is 4.90 Å². The summed E-state index contributed by atoms with van der Waals surface area (Å²) in [6.45, 7) is 4.68. The van der Waals surface area contributed by atoms with Crippen molar-refractivity contribution < 1.29 is 4.42 Å². The molecule has 9 aromatic carbocycles. The number of hydrogen-bond donors (Lipinski definition) is 0. The Hall–Kier alpha value is -7.43. The van der Waals surface area contributed by atoms with Crippen molar-refractivity contribution in [2.24, 2.45) is 0 Å². The number of para-hydroxylation sites is 2. The second-order valence-electron chi connectivity index (χ2n) is 15.9. The van der Waals surface area contributed by atoms with Gasteiger partial charge in [0.15, 0.2) is 5.58 Å². The van der Waals surface area contributed by atoms with Crippen molar-refractivity contribution in [3.63, 3.8) is 0 Å². The molecule has 0 unspecified atom stereocenters. The summed E-state index contributed by atoms with van der Waals surface area (Å²) in [6.07, 6.45) is 0. The monoisotopic (exact) mass is 743 g/mol. The molecule has 2 heterocycles. The average Bonchev–Trinajstić information content (AvgIpc) is 3.93. The Morgan fingerprint density at radius 3 is 2.07 bits per heavy atom. The van der Waals surface area contributed by atoms with Gasteiger partial charge in [0.2, 0.25) is 5.89 Å². The number of aromatic nitrogens is 2. The van der Waals surface area contributed by atoms with E-state index in [0.717, 1.165) is 55.7 Å². The number of anilines is 3. The van der Waals surface area contributed by atoms with E-state index in [1.54, 1.807) is 0 Å². The first-order valence-corrected chi connectivity index (χ1v) is 20.0. The van der Waals surface area contributed by atoms with E-state index in [1.165, 1.54) is 49.3 Å². The van der Waals surface area contributed by atoms with Crippen molar-refractivity contribution in [1.29, 1.82) is 0 Å². The highest BCUT2D eigenvalue weighted by molar-refractivity contribution is 6.19. The molecule has 0 amide bonds. The molecule has 1 aliphatic rings. The lowest BCUT2D eigenvalue weighted by atomic mass is 9.82. The van der Waals surface area contributed by atoms with Gasteiger partial charge in [0.1, 0.15) is 5.52 Å². The zero-order valence-electron chi connectivity index (χ0n) is 32.1. The third kappa shape index (κ3) is 4.66. The van der Waals surface area contributed by atoms with E-state index in [1.807, 2.05) is 0 Å². The van der Waals surface area contributed by atoms with Crippen LogP contribution in [0, 0.1) is 0 Å². The number of oxazole rings is 1. The van der Waals surface area contributed by atoms with E-state index in [4.69, 9.17) is 9.40 Å². The van der Waals surface area contributed by atoms with Crippen LogP contribution in [0.4, 0.5) is 17.1 Å². The van der Waals surface area contributed by atoms with Crippen LogP contribution >= 0.6 is 0 Å². The van der Waals surface area contributed by atoms with E-state index in [-0.39, 0.29) is 5.41 Å². The highest BCUT2D eigenvalue weighted by atomic mass is 16.3. The molecule has 0 atom stereocenters. The number of fused-ring (bicyclic) bond motifs is 10. The molecule has 0 fully saturated rings. The second-order valence-corrected chi connectivity index (χ2v) is 15.9. The SMILES string of the molecule is CC1(C)c2ccccc2-c2c(N(c3ccc4c(c3)c3ccc5ccccc5c3n4-c3ccccc3)c3cccc4nc(-c5cccc6ccccc56)oc34)cccc21. The predicted octanol–water partition coefficient (Wildman–Crippen LogP) is 14.7. The van der Waals surface area contributed by atoms with Crippen LogP contribution in [0.1, 0.15) is 25.0 Å². The van der Waals surface area contributed by atoms with Gasteiger partial charge in [-0.05, 0) is 87.4 Å².